The maximum atomic E-state index is 11.2. The maximum absolute atomic E-state index is 11.2. The highest BCUT2D eigenvalue weighted by Gasteiger charge is 2.29. The van der Waals surface area contributed by atoms with Crippen molar-refractivity contribution >= 4 is 11.7 Å². The molecule has 0 heterocycles. The summed E-state index contributed by atoms with van der Waals surface area (Å²) in [7, 11) is 1.37. The predicted molar refractivity (Wildman–Crippen MR) is 105 cm³/mol. The van der Waals surface area contributed by atoms with Crippen LogP contribution in [0.3, 0.4) is 0 Å². The molecule has 4 heteroatoms. The van der Waals surface area contributed by atoms with E-state index in [2.05, 4.69) is 42.8 Å². The van der Waals surface area contributed by atoms with Crippen molar-refractivity contribution in [2.45, 2.75) is 47.5 Å². The molecule has 0 amide bonds. The molecule has 0 aromatic heterocycles. The zero-order chi connectivity index (χ0) is 19.0. The van der Waals surface area contributed by atoms with E-state index in [1.165, 1.54) is 24.3 Å². The minimum Gasteiger partial charge on any atom is -0.466 e. The van der Waals surface area contributed by atoms with Gasteiger partial charge >= 0.3 is 5.97 Å². The van der Waals surface area contributed by atoms with Gasteiger partial charge in [0, 0.05) is 6.08 Å². The van der Waals surface area contributed by atoms with E-state index < -0.39 is 0 Å². The van der Waals surface area contributed by atoms with E-state index in [0.29, 0.717) is 0 Å². The second-order valence-electron chi connectivity index (χ2n) is 7.01. The van der Waals surface area contributed by atoms with Gasteiger partial charge in [0.05, 0.1) is 12.8 Å². The molecule has 0 unspecified atom stereocenters. The lowest BCUT2D eigenvalue weighted by Crippen LogP contribution is -2.25. The molecule has 0 aliphatic heterocycles. The van der Waals surface area contributed by atoms with Crippen molar-refractivity contribution in [1.29, 1.82) is 0 Å². The van der Waals surface area contributed by atoms with Gasteiger partial charge in [-0.1, -0.05) is 49.8 Å². The van der Waals surface area contributed by atoms with Crippen molar-refractivity contribution in [1.82, 2.24) is 0 Å². The van der Waals surface area contributed by atoms with Crippen LogP contribution in [0.25, 0.3) is 0 Å². The first-order valence-corrected chi connectivity index (χ1v) is 8.49. The van der Waals surface area contributed by atoms with Crippen LogP contribution in [0.2, 0.25) is 0 Å². The van der Waals surface area contributed by atoms with E-state index >= 15 is 0 Å². The molecule has 0 spiro atoms. The Morgan fingerprint density at radius 3 is 2.52 bits per heavy atom. The van der Waals surface area contributed by atoms with Crippen LogP contribution in [0, 0.1) is 5.41 Å². The molecule has 0 radical (unpaired) electrons. The number of ether oxygens (including phenoxy) is 1. The number of nitrogens with two attached hydrogens (primary N) is 1. The van der Waals surface area contributed by atoms with Gasteiger partial charge in [0.15, 0.2) is 0 Å². The van der Waals surface area contributed by atoms with Gasteiger partial charge in [-0.05, 0) is 55.7 Å². The zero-order valence-electron chi connectivity index (χ0n) is 16.2. The Labute approximate surface area is 151 Å². The summed E-state index contributed by atoms with van der Waals surface area (Å²) >= 11 is 0. The minimum atomic E-state index is -0.345. The van der Waals surface area contributed by atoms with Gasteiger partial charge in [-0.15, -0.1) is 0 Å². The fourth-order valence-electron chi connectivity index (χ4n) is 2.84. The van der Waals surface area contributed by atoms with Gasteiger partial charge in [0.2, 0.25) is 0 Å². The number of hydrazone groups is 1. The third-order valence-electron chi connectivity index (χ3n) is 4.49. The quantitative estimate of drug-likeness (QED) is 0.261. The molecule has 0 aromatic rings. The van der Waals surface area contributed by atoms with Crippen LogP contribution < -0.4 is 5.84 Å². The summed E-state index contributed by atoms with van der Waals surface area (Å²) in [6.07, 6.45) is 13.5. The fraction of sp³-hybridized carbons (Fsp3) is 0.429. The Hall–Kier alpha value is -2.36. The number of carbonyl (C=O) groups excluding carboxylic acids is 1. The number of nitrogens with zero attached hydrogens (tertiary/aromatic N) is 1. The number of carbonyl (C=O) groups is 1. The van der Waals surface area contributed by atoms with Crippen molar-refractivity contribution in [3.63, 3.8) is 0 Å². The Morgan fingerprint density at radius 1 is 1.24 bits per heavy atom. The van der Waals surface area contributed by atoms with Gasteiger partial charge in [-0.2, -0.15) is 5.10 Å². The summed E-state index contributed by atoms with van der Waals surface area (Å²) in [5, 5.41) is 3.93. The van der Waals surface area contributed by atoms with Crippen LogP contribution in [0.4, 0.5) is 0 Å². The molecule has 0 fully saturated rings. The summed E-state index contributed by atoms with van der Waals surface area (Å²) in [6.45, 7) is 10.5. The summed E-state index contributed by atoms with van der Waals surface area (Å²) in [5.41, 5.74) is 5.52. The number of rotatable bonds is 5. The molecule has 1 rings (SSSR count). The molecule has 1 aliphatic rings. The van der Waals surface area contributed by atoms with E-state index in [1.807, 2.05) is 32.1 Å². The highest BCUT2D eigenvalue weighted by Crippen LogP contribution is 2.39. The molecule has 25 heavy (non-hydrogen) atoms. The van der Waals surface area contributed by atoms with E-state index in [-0.39, 0.29) is 11.4 Å². The Bertz CT molecular complexity index is 687. The average molecular weight is 342 g/mol. The largest absolute Gasteiger partial charge is 0.466 e. The summed E-state index contributed by atoms with van der Waals surface area (Å²) in [4.78, 5) is 11.2. The van der Waals surface area contributed by atoms with E-state index in [1.54, 1.807) is 0 Å². The molecular formula is C21H30N2O2. The zero-order valence-corrected chi connectivity index (χ0v) is 16.2. The molecule has 2 N–H and O–H groups in total. The first-order valence-electron chi connectivity index (χ1n) is 8.49. The molecule has 0 atom stereocenters. The highest BCUT2D eigenvalue weighted by molar-refractivity contribution is 6.01. The summed E-state index contributed by atoms with van der Waals surface area (Å²) in [5.74, 6) is 5.16. The lowest BCUT2D eigenvalue weighted by atomic mass is 9.72. The van der Waals surface area contributed by atoms with E-state index in [0.717, 1.165) is 29.7 Å². The minimum absolute atomic E-state index is 0.116. The Balaban J connectivity index is 2.92. The normalized spacial score (nSPS) is 20.8. The highest BCUT2D eigenvalue weighted by atomic mass is 16.5. The number of allylic oxidation sites excluding steroid dienone is 9. The van der Waals surface area contributed by atoms with Crippen LogP contribution in [0.15, 0.2) is 63.8 Å². The summed E-state index contributed by atoms with van der Waals surface area (Å²) in [6, 6.07) is 0. The monoisotopic (exact) mass is 342 g/mol. The predicted octanol–water partition coefficient (Wildman–Crippen LogP) is 4.62. The standard InChI is InChI=1S/C21H30N2O2/c1-15(8-7-9-16(2)14-20(24)25-6)10-11-18-17(3)19(23-22)12-13-21(18,4)5/h7-11,14H,12-13,22H2,1-6H3/b9-7+,11-10+,15-8+,16-14-,23-19-. The van der Waals surface area contributed by atoms with Gasteiger partial charge in [-0.25, -0.2) is 4.79 Å². The van der Waals surface area contributed by atoms with Crippen LogP contribution in [0.1, 0.15) is 47.5 Å². The van der Waals surface area contributed by atoms with Crippen molar-refractivity contribution in [2.24, 2.45) is 16.4 Å². The second-order valence-corrected chi connectivity index (χ2v) is 7.01. The second kappa shape index (κ2) is 9.21. The molecular weight excluding hydrogens is 312 g/mol. The van der Waals surface area contributed by atoms with Gasteiger partial charge in [-0.3, -0.25) is 0 Å². The first kappa shape index (κ1) is 20.7. The van der Waals surface area contributed by atoms with Gasteiger partial charge in [0.1, 0.15) is 0 Å². The molecule has 0 bridgehead atoms. The SMILES string of the molecule is COC(=O)\C=C(C)/C=C/C=C(C)/C=C/C1=C(C)C(=N\N)/CCC1(C)C. The molecule has 0 saturated carbocycles. The van der Waals surface area contributed by atoms with E-state index in [9.17, 15) is 4.79 Å². The molecule has 0 aromatic carbocycles. The topological polar surface area (TPSA) is 64.7 Å². The molecule has 4 nitrogen and oxygen atoms in total. The maximum Gasteiger partial charge on any atom is 0.330 e. The first-order chi connectivity index (χ1) is 11.7. The number of esters is 1. The number of methoxy groups -OCH3 is 1. The van der Waals surface area contributed by atoms with Crippen molar-refractivity contribution in [3.8, 4) is 0 Å². The third-order valence-corrected chi connectivity index (χ3v) is 4.49. The fourth-order valence-corrected chi connectivity index (χ4v) is 2.84. The third kappa shape index (κ3) is 6.22. The number of hydrogen-bond donors (Lipinski definition) is 1. The average Bonchev–Trinajstić information content (AvgIpc) is 2.54. The Morgan fingerprint density at radius 2 is 1.92 bits per heavy atom. The van der Waals surface area contributed by atoms with Crippen LogP contribution in [-0.4, -0.2) is 18.8 Å². The smallest absolute Gasteiger partial charge is 0.330 e. The molecule has 0 saturated heterocycles. The molecule has 136 valence electrons. The Kier molecular flexibility index (Phi) is 7.62. The summed E-state index contributed by atoms with van der Waals surface area (Å²) < 4.78 is 4.60. The van der Waals surface area contributed by atoms with Crippen molar-refractivity contribution in [3.05, 3.63) is 58.7 Å². The van der Waals surface area contributed by atoms with Gasteiger partial charge < -0.3 is 10.6 Å². The number of hydrogen-bond acceptors (Lipinski definition) is 4. The lowest BCUT2D eigenvalue weighted by molar-refractivity contribution is -0.134. The van der Waals surface area contributed by atoms with Crippen LogP contribution in [0.5, 0.6) is 0 Å². The molecule has 1 aliphatic carbocycles. The van der Waals surface area contributed by atoms with Crippen molar-refractivity contribution < 1.29 is 9.53 Å². The van der Waals surface area contributed by atoms with Crippen LogP contribution >= 0.6 is 0 Å². The van der Waals surface area contributed by atoms with Gasteiger partial charge in [0.25, 0.3) is 0 Å². The lowest BCUT2D eigenvalue weighted by Gasteiger charge is -2.33. The van der Waals surface area contributed by atoms with Crippen LogP contribution in [-0.2, 0) is 9.53 Å². The van der Waals surface area contributed by atoms with E-state index in [4.69, 9.17) is 5.84 Å². The van der Waals surface area contributed by atoms with Crippen molar-refractivity contribution in [2.75, 3.05) is 7.11 Å².